The van der Waals surface area contributed by atoms with Crippen LogP contribution in [0.2, 0.25) is 18.1 Å². The summed E-state index contributed by atoms with van der Waals surface area (Å²) in [6.45, 7) is 23.2. The number of rotatable bonds is 15. The van der Waals surface area contributed by atoms with E-state index in [9.17, 15) is 9.59 Å². The summed E-state index contributed by atoms with van der Waals surface area (Å²) in [6, 6.07) is 10.1. The lowest BCUT2D eigenvalue weighted by Crippen LogP contribution is -2.57. The molecule has 50 heavy (non-hydrogen) atoms. The molecule has 3 aliphatic rings. The predicted octanol–water partition coefficient (Wildman–Crippen LogP) is 8.95. The first kappa shape index (κ1) is 41.8. The number of carbonyl (C=O) groups excluding carboxylic acids is 2. The Labute approximate surface area is 311 Å². The molecule has 5 atom stereocenters. The van der Waals surface area contributed by atoms with Gasteiger partial charge in [0.1, 0.15) is 5.78 Å². The van der Waals surface area contributed by atoms with Gasteiger partial charge in [0.15, 0.2) is 14.1 Å². The van der Waals surface area contributed by atoms with E-state index >= 15 is 0 Å². The van der Waals surface area contributed by atoms with Gasteiger partial charge in [0, 0.05) is 24.7 Å². The second-order valence-corrected chi connectivity index (χ2v) is 24.6. The molecule has 3 aliphatic heterocycles. The van der Waals surface area contributed by atoms with Crippen molar-refractivity contribution < 1.29 is 37.7 Å². The molecule has 0 radical (unpaired) electrons. The number of thioether (sulfide) groups is 2. The maximum absolute atomic E-state index is 13.2. The Kier molecular flexibility index (Phi) is 14.6. The summed E-state index contributed by atoms with van der Waals surface area (Å²) in [4.78, 5) is 25.7. The van der Waals surface area contributed by atoms with Crippen LogP contribution in [0.3, 0.4) is 0 Å². The molecule has 8 nitrogen and oxygen atoms in total. The summed E-state index contributed by atoms with van der Waals surface area (Å²) in [5.41, 5.74) is 0.780. The Morgan fingerprint density at radius 3 is 2.26 bits per heavy atom. The average Bonchev–Trinajstić information content (AvgIpc) is 3.00. The fourth-order valence-electron chi connectivity index (χ4n) is 7.09. The number of ketones is 1. The van der Waals surface area contributed by atoms with Gasteiger partial charge in [-0.05, 0) is 75.2 Å². The third kappa shape index (κ3) is 11.3. The van der Waals surface area contributed by atoms with Crippen LogP contribution in [0.4, 0.5) is 0 Å². The number of hydrogen-bond acceptors (Lipinski definition) is 10. The minimum Gasteiger partial charge on any atom is -0.466 e. The van der Waals surface area contributed by atoms with Crippen LogP contribution in [0.15, 0.2) is 30.3 Å². The number of benzene rings is 1. The van der Waals surface area contributed by atoms with Crippen LogP contribution in [0.25, 0.3) is 0 Å². The Morgan fingerprint density at radius 1 is 0.980 bits per heavy atom. The van der Waals surface area contributed by atoms with Crippen LogP contribution in [0.5, 0.6) is 0 Å². The fourth-order valence-corrected chi connectivity index (χ4v) is 12.4. The number of ether oxygens (including phenoxy) is 5. The van der Waals surface area contributed by atoms with Crippen molar-refractivity contribution in [2.75, 3.05) is 24.7 Å². The van der Waals surface area contributed by atoms with Crippen molar-refractivity contribution >= 4 is 43.6 Å². The SMILES string of the molecule is CCOC(=O)C[C@H]1C[C@H](C[C@H](O[Si](C)(C)C(C)(C)C)C(C)(C)C2(C[C@@H]3CC(=O)C[C@H](COCc4ccccc4)O3)SCCCS2)OC(C)(C)O1. The molecule has 0 bridgehead atoms. The molecule has 284 valence electrons. The first-order valence-electron chi connectivity index (χ1n) is 18.6. The average molecular weight is 753 g/mol. The monoisotopic (exact) mass is 752 g/mol. The maximum atomic E-state index is 13.2. The van der Waals surface area contributed by atoms with E-state index in [0.29, 0.717) is 45.5 Å². The van der Waals surface area contributed by atoms with E-state index in [1.807, 2.05) is 74.6 Å². The standard InChI is InChI=1S/C39H64O8S2Si/c1-11-43-35(41)24-31-22-30(45-38(7,8)46-31)23-34(47-50(9,10)36(2,3)4)37(5,6)39(48-18-15-19-49-39)25-32-20-29(40)21-33(44-32)27-42-26-28-16-13-12-14-17-28/h12-14,16-17,30-34H,11,15,18-27H2,1-10H3/t30-,31-,32+,33-,34+/m1/s1. The lowest BCUT2D eigenvalue weighted by Gasteiger charge is -2.56. The summed E-state index contributed by atoms with van der Waals surface area (Å²) < 4.78 is 38.1. The zero-order valence-electron chi connectivity index (χ0n) is 32.3. The second-order valence-electron chi connectivity index (χ2n) is 16.8. The molecule has 1 aromatic rings. The van der Waals surface area contributed by atoms with Crippen molar-refractivity contribution in [3.8, 4) is 0 Å². The smallest absolute Gasteiger partial charge is 0.308 e. The van der Waals surface area contributed by atoms with Crippen LogP contribution >= 0.6 is 23.5 Å². The minimum atomic E-state index is -2.25. The van der Waals surface area contributed by atoms with Crippen LogP contribution in [0, 0.1) is 5.41 Å². The summed E-state index contributed by atoms with van der Waals surface area (Å²) in [5, 5.41) is 0.00939. The Balaban J connectivity index is 1.58. The second kappa shape index (κ2) is 17.5. The third-order valence-electron chi connectivity index (χ3n) is 10.8. The summed E-state index contributed by atoms with van der Waals surface area (Å²) in [6.07, 6.45) is 3.13. The minimum absolute atomic E-state index is 0.00939. The van der Waals surface area contributed by atoms with Gasteiger partial charge in [0.2, 0.25) is 0 Å². The largest absolute Gasteiger partial charge is 0.466 e. The molecular weight excluding hydrogens is 689 g/mol. The number of hydrogen-bond donors (Lipinski definition) is 0. The van der Waals surface area contributed by atoms with E-state index in [1.165, 1.54) is 0 Å². The molecule has 0 N–H and O–H groups in total. The molecule has 0 saturated carbocycles. The van der Waals surface area contributed by atoms with Crippen LogP contribution in [0.1, 0.15) is 106 Å². The van der Waals surface area contributed by atoms with Crippen molar-refractivity contribution in [2.45, 2.75) is 165 Å². The van der Waals surface area contributed by atoms with E-state index in [0.717, 1.165) is 29.9 Å². The van der Waals surface area contributed by atoms with E-state index in [-0.39, 0.29) is 63.2 Å². The van der Waals surface area contributed by atoms with Crippen molar-refractivity contribution in [3.63, 3.8) is 0 Å². The lowest BCUT2D eigenvalue weighted by molar-refractivity contribution is -0.303. The van der Waals surface area contributed by atoms with Crippen LogP contribution in [-0.2, 0) is 44.3 Å². The highest BCUT2D eigenvalue weighted by atomic mass is 32.2. The summed E-state index contributed by atoms with van der Waals surface area (Å²) >= 11 is 4.03. The first-order chi connectivity index (χ1) is 23.3. The molecule has 0 unspecified atom stereocenters. The fraction of sp³-hybridized carbons (Fsp3) is 0.795. The Hall–Kier alpha value is -0.923. The maximum Gasteiger partial charge on any atom is 0.308 e. The molecule has 3 saturated heterocycles. The van der Waals surface area contributed by atoms with Crippen LogP contribution < -0.4 is 0 Å². The van der Waals surface area contributed by atoms with Gasteiger partial charge >= 0.3 is 5.97 Å². The van der Waals surface area contributed by atoms with Gasteiger partial charge in [-0.1, -0.05) is 65.0 Å². The third-order valence-corrected chi connectivity index (χ3v) is 19.3. The Morgan fingerprint density at radius 2 is 1.62 bits per heavy atom. The van der Waals surface area contributed by atoms with Gasteiger partial charge in [0.05, 0.1) is 60.8 Å². The Bertz CT molecular complexity index is 1240. The summed E-state index contributed by atoms with van der Waals surface area (Å²) in [5.74, 6) is 1.26. The van der Waals surface area contributed by atoms with E-state index in [1.54, 1.807) is 0 Å². The van der Waals surface area contributed by atoms with Gasteiger partial charge in [0.25, 0.3) is 0 Å². The van der Waals surface area contributed by atoms with E-state index < -0.39 is 14.1 Å². The molecule has 11 heteroatoms. The molecular formula is C39H64O8S2Si. The van der Waals surface area contributed by atoms with Crippen molar-refractivity contribution in [1.29, 1.82) is 0 Å². The molecule has 0 aromatic heterocycles. The molecule has 4 rings (SSSR count). The number of esters is 1. The van der Waals surface area contributed by atoms with E-state index in [2.05, 4.69) is 47.7 Å². The number of Topliss-reactive ketones (excluding diaryl/α,β-unsaturated/α-hetero) is 1. The van der Waals surface area contributed by atoms with Crippen LogP contribution in [-0.4, -0.2) is 85.2 Å². The highest BCUT2D eigenvalue weighted by Gasteiger charge is 2.56. The zero-order chi connectivity index (χ0) is 36.8. The van der Waals surface area contributed by atoms with Gasteiger partial charge in [-0.3, -0.25) is 9.59 Å². The molecule has 0 amide bonds. The molecule has 0 spiro atoms. The van der Waals surface area contributed by atoms with Crippen molar-refractivity contribution in [2.24, 2.45) is 5.41 Å². The quantitative estimate of drug-likeness (QED) is 0.128. The molecule has 3 fully saturated rings. The molecule has 0 aliphatic carbocycles. The normalized spacial score (nSPS) is 26.7. The van der Waals surface area contributed by atoms with E-state index in [4.69, 9.17) is 28.1 Å². The van der Waals surface area contributed by atoms with Crippen molar-refractivity contribution in [1.82, 2.24) is 0 Å². The topological polar surface area (TPSA) is 89.5 Å². The number of carbonyl (C=O) groups is 2. The zero-order valence-corrected chi connectivity index (χ0v) is 35.0. The summed E-state index contributed by atoms with van der Waals surface area (Å²) in [7, 11) is -2.25. The highest BCUT2D eigenvalue weighted by molar-refractivity contribution is 8.18. The molecule has 3 heterocycles. The van der Waals surface area contributed by atoms with Crippen molar-refractivity contribution in [3.05, 3.63) is 35.9 Å². The molecule has 1 aromatic carbocycles. The predicted molar refractivity (Wildman–Crippen MR) is 206 cm³/mol. The van der Waals surface area contributed by atoms with Gasteiger partial charge in [-0.2, -0.15) is 0 Å². The first-order valence-corrected chi connectivity index (χ1v) is 23.5. The van der Waals surface area contributed by atoms with Gasteiger partial charge < -0.3 is 28.1 Å². The lowest BCUT2D eigenvalue weighted by atomic mass is 9.76. The van der Waals surface area contributed by atoms with Gasteiger partial charge in [-0.15, -0.1) is 23.5 Å². The van der Waals surface area contributed by atoms with Gasteiger partial charge in [-0.25, -0.2) is 0 Å². The highest BCUT2D eigenvalue weighted by Crippen LogP contribution is 2.60.